The van der Waals surface area contributed by atoms with Gasteiger partial charge in [0.1, 0.15) is 0 Å². The highest BCUT2D eigenvalue weighted by Gasteiger charge is 2.11. The average Bonchev–Trinajstić information content (AvgIpc) is 2.66. The van der Waals surface area contributed by atoms with E-state index in [0.29, 0.717) is 11.5 Å². The second-order valence-corrected chi connectivity index (χ2v) is 5.61. The fraction of sp³-hybridized carbons (Fsp3) is 0.0952. The second kappa shape index (κ2) is 5.85. The third-order valence-corrected chi connectivity index (χ3v) is 4.33. The average molecular weight is 315 g/mol. The number of hydrogen-bond acceptors (Lipinski definition) is 3. The molecule has 0 N–H and O–H groups in total. The number of rotatable bonds is 3. The zero-order valence-electron chi connectivity index (χ0n) is 13.6. The van der Waals surface area contributed by atoms with Gasteiger partial charge in [-0.1, -0.05) is 36.4 Å². The molecule has 0 atom stereocenters. The van der Waals surface area contributed by atoms with Gasteiger partial charge in [0.05, 0.1) is 19.9 Å². The molecule has 24 heavy (non-hydrogen) atoms. The van der Waals surface area contributed by atoms with Crippen molar-refractivity contribution >= 4 is 21.5 Å². The fourth-order valence-corrected chi connectivity index (χ4v) is 3.15. The molecular weight excluding hydrogens is 298 g/mol. The fourth-order valence-electron chi connectivity index (χ4n) is 3.15. The molecule has 1 heterocycles. The third-order valence-electron chi connectivity index (χ3n) is 4.33. The molecule has 4 rings (SSSR count). The molecule has 0 bridgehead atoms. The summed E-state index contributed by atoms with van der Waals surface area (Å²) in [5.41, 5.74) is 1.95. The normalized spacial score (nSPS) is 10.9. The van der Waals surface area contributed by atoms with Crippen molar-refractivity contribution in [2.45, 2.75) is 0 Å². The van der Waals surface area contributed by atoms with Crippen molar-refractivity contribution in [1.29, 1.82) is 0 Å². The summed E-state index contributed by atoms with van der Waals surface area (Å²) in [7, 11) is 3.28. The maximum atomic E-state index is 5.43. The number of hydrogen-bond donors (Lipinski definition) is 0. The van der Waals surface area contributed by atoms with Crippen molar-refractivity contribution < 1.29 is 9.47 Å². The van der Waals surface area contributed by atoms with Gasteiger partial charge in [0.25, 0.3) is 0 Å². The summed E-state index contributed by atoms with van der Waals surface area (Å²) in [6.45, 7) is 0. The minimum Gasteiger partial charge on any atom is -0.493 e. The smallest absolute Gasteiger partial charge is 0.161 e. The lowest BCUT2D eigenvalue weighted by molar-refractivity contribution is 0.355. The Bertz CT molecular complexity index is 1040. The van der Waals surface area contributed by atoms with Crippen molar-refractivity contribution in [2.24, 2.45) is 0 Å². The van der Waals surface area contributed by atoms with Crippen LogP contribution in [0.3, 0.4) is 0 Å². The first-order valence-electron chi connectivity index (χ1n) is 7.80. The number of pyridine rings is 1. The van der Waals surface area contributed by atoms with Crippen molar-refractivity contribution in [2.75, 3.05) is 14.2 Å². The summed E-state index contributed by atoms with van der Waals surface area (Å²) >= 11 is 0. The molecule has 0 aliphatic carbocycles. The minimum absolute atomic E-state index is 0.703. The first kappa shape index (κ1) is 14.5. The zero-order valence-corrected chi connectivity index (χ0v) is 13.6. The molecule has 0 radical (unpaired) electrons. The van der Waals surface area contributed by atoms with Gasteiger partial charge in [-0.3, -0.25) is 4.98 Å². The third kappa shape index (κ3) is 2.26. The summed E-state index contributed by atoms with van der Waals surface area (Å²) in [5.74, 6) is 1.42. The molecular formula is C21H17NO2. The van der Waals surface area contributed by atoms with E-state index in [1.54, 1.807) is 14.2 Å². The van der Waals surface area contributed by atoms with Crippen LogP contribution in [0.4, 0.5) is 0 Å². The standard InChI is InChI=1S/C21H17NO2/c1-23-19-10-8-15(13-20(19)24-2)21-18-9-7-14-5-3-4-6-16(14)17(18)11-12-22-21/h3-13H,1-2H3. The van der Waals surface area contributed by atoms with Gasteiger partial charge in [-0.2, -0.15) is 0 Å². The largest absolute Gasteiger partial charge is 0.493 e. The van der Waals surface area contributed by atoms with Gasteiger partial charge in [-0.25, -0.2) is 0 Å². The van der Waals surface area contributed by atoms with Crippen molar-refractivity contribution in [3.05, 3.63) is 66.9 Å². The van der Waals surface area contributed by atoms with E-state index in [-0.39, 0.29) is 0 Å². The molecule has 3 nitrogen and oxygen atoms in total. The van der Waals surface area contributed by atoms with Crippen LogP contribution >= 0.6 is 0 Å². The van der Waals surface area contributed by atoms with E-state index in [1.165, 1.54) is 16.2 Å². The Balaban J connectivity index is 1.99. The number of benzene rings is 3. The molecule has 1 aromatic heterocycles. The lowest BCUT2D eigenvalue weighted by Crippen LogP contribution is -1.92. The van der Waals surface area contributed by atoms with Gasteiger partial charge in [0, 0.05) is 17.1 Å². The predicted octanol–water partition coefficient (Wildman–Crippen LogP) is 5.07. The quantitative estimate of drug-likeness (QED) is 0.494. The summed E-state index contributed by atoms with van der Waals surface area (Å²) < 4.78 is 10.8. The van der Waals surface area contributed by atoms with Crippen molar-refractivity contribution in [1.82, 2.24) is 4.98 Å². The lowest BCUT2D eigenvalue weighted by Gasteiger charge is -2.12. The predicted molar refractivity (Wildman–Crippen MR) is 97.8 cm³/mol. The Morgan fingerprint density at radius 2 is 1.54 bits per heavy atom. The van der Waals surface area contributed by atoms with Crippen LogP contribution in [0.1, 0.15) is 0 Å². The number of fused-ring (bicyclic) bond motifs is 3. The number of aromatic nitrogens is 1. The summed E-state index contributed by atoms with van der Waals surface area (Å²) in [6.07, 6.45) is 1.86. The van der Waals surface area contributed by atoms with E-state index in [2.05, 4.69) is 47.4 Å². The van der Waals surface area contributed by atoms with E-state index in [0.717, 1.165) is 16.6 Å². The van der Waals surface area contributed by atoms with E-state index < -0.39 is 0 Å². The number of methoxy groups -OCH3 is 2. The van der Waals surface area contributed by atoms with Crippen molar-refractivity contribution in [3.8, 4) is 22.8 Å². The second-order valence-electron chi connectivity index (χ2n) is 5.61. The lowest BCUT2D eigenvalue weighted by atomic mass is 9.99. The Hall–Kier alpha value is -3.07. The first-order valence-corrected chi connectivity index (χ1v) is 7.80. The zero-order chi connectivity index (χ0) is 16.5. The van der Waals surface area contributed by atoms with Crippen LogP contribution in [0.15, 0.2) is 66.9 Å². The van der Waals surface area contributed by atoms with Gasteiger partial charge in [-0.15, -0.1) is 0 Å². The van der Waals surface area contributed by atoms with Crippen LogP contribution in [-0.4, -0.2) is 19.2 Å². The van der Waals surface area contributed by atoms with Gasteiger partial charge in [-0.05, 0) is 40.4 Å². The molecule has 3 aromatic carbocycles. The molecule has 0 aliphatic rings. The Morgan fingerprint density at radius 1 is 0.708 bits per heavy atom. The van der Waals surface area contributed by atoms with Gasteiger partial charge in [0.15, 0.2) is 11.5 Å². The van der Waals surface area contributed by atoms with E-state index >= 15 is 0 Å². The van der Waals surface area contributed by atoms with E-state index in [1.807, 2.05) is 24.4 Å². The topological polar surface area (TPSA) is 31.4 Å². The number of ether oxygens (including phenoxy) is 2. The maximum Gasteiger partial charge on any atom is 0.161 e. The molecule has 4 aromatic rings. The Morgan fingerprint density at radius 3 is 2.38 bits per heavy atom. The minimum atomic E-state index is 0.703. The molecule has 118 valence electrons. The van der Waals surface area contributed by atoms with Crippen LogP contribution in [0.25, 0.3) is 32.8 Å². The van der Waals surface area contributed by atoms with E-state index in [4.69, 9.17) is 9.47 Å². The van der Waals surface area contributed by atoms with Gasteiger partial charge >= 0.3 is 0 Å². The first-order chi connectivity index (χ1) is 11.8. The molecule has 0 aliphatic heterocycles. The summed E-state index contributed by atoms with van der Waals surface area (Å²) in [5, 5.41) is 4.80. The van der Waals surface area contributed by atoms with Crippen molar-refractivity contribution in [3.63, 3.8) is 0 Å². The highest BCUT2D eigenvalue weighted by Crippen LogP contribution is 2.35. The molecule has 0 unspecified atom stereocenters. The molecule has 0 spiro atoms. The molecule has 0 saturated carbocycles. The Labute approximate surface area is 140 Å². The maximum absolute atomic E-state index is 5.43. The van der Waals surface area contributed by atoms with Crippen LogP contribution in [-0.2, 0) is 0 Å². The Kier molecular flexibility index (Phi) is 3.54. The van der Waals surface area contributed by atoms with Gasteiger partial charge in [0.2, 0.25) is 0 Å². The van der Waals surface area contributed by atoms with Crippen LogP contribution in [0, 0.1) is 0 Å². The molecule has 0 saturated heterocycles. The van der Waals surface area contributed by atoms with Crippen LogP contribution < -0.4 is 9.47 Å². The number of nitrogens with zero attached hydrogens (tertiary/aromatic N) is 1. The van der Waals surface area contributed by atoms with Crippen LogP contribution in [0.2, 0.25) is 0 Å². The molecule has 0 fully saturated rings. The SMILES string of the molecule is COc1ccc(-c2nccc3c2ccc2ccccc23)cc1OC. The highest BCUT2D eigenvalue weighted by atomic mass is 16.5. The van der Waals surface area contributed by atoms with Crippen LogP contribution in [0.5, 0.6) is 11.5 Å². The summed E-state index contributed by atoms with van der Waals surface area (Å²) in [6, 6.07) is 20.6. The van der Waals surface area contributed by atoms with E-state index in [9.17, 15) is 0 Å². The molecule has 3 heteroatoms. The monoisotopic (exact) mass is 315 g/mol. The summed E-state index contributed by atoms with van der Waals surface area (Å²) in [4.78, 5) is 4.62. The van der Waals surface area contributed by atoms with Gasteiger partial charge < -0.3 is 9.47 Å². The highest BCUT2D eigenvalue weighted by molar-refractivity contribution is 6.11. The molecule has 0 amide bonds.